The summed E-state index contributed by atoms with van der Waals surface area (Å²) in [5.74, 6) is -1.79. The van der Waals surface area contributed by atoms with Gasteiger partial charge in [-0.15, -0.1) is 0 Å². The number of rotatable bonds is 2. The monoisotopic (exact) mass is 349 g/mol. The minimum atomic E-state index is -2.49. The third-order valence-corrected chi connectivity index (χ3v) is 6.36. The Morgan fingerprint density at radius 2 is 1.64 bits per heavy atom. The molecule has 0 aromatic heterocycles. The minimum absolute atomic E-state index is 0.0372. The normalized spacial score (nSPS) is 31.0. The second-order valence-electron chi connectivity index (χ2n) is 8.74. The molecule has 4 saturated heterocycles. The van der Waals surface area contributed by atoms with Crippen molar-refractivity contribution in [2.24, 2.45) is 11.3 Å². The van der Waals surface area contributed by atoms with Crippen LogP contribution in [0.15, 0.2) is 24.3 Å². The van der Waals surface area contributed by atoms with Gasteiger partial charge in [0, 0.05) is 56.4 Å². The Bertz CT molecular complexity index is 604. The molecule has 4 heterocycles. The van der Waals surface area contributed by atoms with E-state index in [0.29, 0.717) is 30.5 Å². The molecule has 1 aromatic rings. The van der Waals surface area contributed by atoms with Gasteiger partial charge in [-0.05, 0) is 48.6 Å². The summed E-state index contributed by atoms with van der Waals surface area (Å²) in [6, 6.07) is 9.08. The molecule has 3 nitrogen and oxygen atoms in total. The summed E-state index contributed by atoms with van der Waals surface area (Å²) in [6.45, 7) is 8.90. The molecule has 4 aliphatic rings. The zero-order chi connectivity index (χ0) is 17.7. The van der Waals surface area contributed by atoms with E-state index >= 15 is 0 Å². The first-order valence-corrected chi connectivity index (χ1v) is 9.54. The van der Waals surface area contributed by atoms with Crippen molar-refractivity contribution in [3.63, 3.8) is 0 Å². The third-order valence-electron chi connectivity index (χ3n) is 6.36. The Balaban J connectivity index is 1.51. The summed E-state index contributed by atoms with van der Waals surface area (Å²) in [4.78, 5) is 4.64. The first kappa shape index (κ1) is 17.1. The molecule has 1 N–H and O–H groups in total. The van der Waals surface area contributed by atoms with Crippen molar-refractivity contribution < 1.29 is 8.78 Å². The van der Waals surface area contributed by atoms with Crippen LogP contribution in [-0.2, 0) is 0 Å². The van der Waals surface area contributed by atoms with Gasteiger partial charge in [-0.25, -0.2) is 8.78 Å². The van der Waals surface area contributed by atoms with Crippen LogP contribution in [0.25, 0.3) is 0 Å². The minimum Gasteiger partial charge on any atom is -0.371 e. The molecule has 5 rings (SSSR count). The van der Waals surface area contributed by atoms with Crippen molar-refractivity contribution in [1.82, 2.24) is 5.32 Å². The van der Waals surface area contributed by atoms with Gasteiger partial charge in [-0.3, -0.25) is 0 Å². The lowest BCUT2D eigenvalue weighted by molar-refractivity contribution is -0.0220. The van der Waals surface area contributed by atoms with Gasteiger partial charge in [-0.2, -0.15) is 0 Å². The van der Waals surface area contributed by atoms with E-state index in [9.17, 15) is 8.78 Å². The van der Waals surface area contributed by atoms with Crippen LogP contribution >= 0.6 is 0 Å². The van der Waals surface area contributed by atoms with E-state index in [4.69, 9.17) is 0 Å². The van der Waals surface area contributed by atoms with Crippen LogP contribution in [0.3, 0.4) is 0 Å². The van der Waals surface area contributed by atoms with E-state index in [0.717, 1.165) is 25.3 Å². The molecule has 0 spiro atoms. The number of nitrogens with zero attached hydrogens (tertiary/aromatic N) is 2. The molecule has 2 bridgehead atoms. The molecule has 1 unspecified atom stereocenters. The number of piperidine rings is 2. The number of halogens is 2. The van der Waals surface area contributed by atoms with E-state index in [1.165, 1.54) is 12.1 Å². The summed E-state index contributed by atoms with van der Waals surface area (Å²) in [7, 11) is 0. The molecule has 5 heteroatoms. The van der Waals surface area contributed by atoms with Crippen LogP contribution in [0.2, 0.25) is 0 Å². The van der Waals surface area contributed by atoms with E-state index in [1.54, 1.807) is 0 Å². The SMILES string of the molecule is CC1(C)C[C@@H]2CNCC1N(c1ccc(N3CCC(F)(F)CC3)cc1)C2. The molecular weight excluding hydrogens is 320 g/mol. The fourth-order valence-corrected chi connectivity index (χ4v) is 4.95. The van der Waals surface area contributed by atoms with E-state index < -0.39 is 5.92 Å². The van der Waals surface area contributed by atoms with Gasteiger partial charge in [0.25, 0.3) is 5.92 Å². The van der Waals surface area contributed by atoms with Gasteiger partial charge in [0.2, 0.25) is 0 Å². The molecule has 2 atom stereocenters. The first-order chi connectivity index (χ1) is 11.8. The number of hydrogen-bond acceptors (Lipinski definition) is 3. The fraction of sp³-hybridized carbons (Fsp3) is 0.700. The topological polar surface area (TPSA) is 18.5 Å². The van der Waals surface area contributed by atoms with Crippen molar-refractivity contribution in [1.29, 1.82) is 0 Å². The van der Waals surface area contributed by atoms with Crippen LogP contribution in [0.4, 0.5) is 20.2 Å². The molecule has 1 aromatic carbocycles. The van der Waals surface area contributed by atoms with Crippen LogP contribution in [0.1, 0.15) is 33.1 Å². The number of alkyl halides is 2. The summed E-state index contributed by atoms with van der Waals surface area (Å²) in [6.07, 6.45) is 1.20. The van der Waals surface area contributed by atoms with Crippen molar-refractivity contribution >= 4 is 11.4 Å². The Morgan fingerprint density at radius 3 is 2.32 bits per heavy atom. The Kier molecular flexibility index (Phi) is 4.18. The molecule has 0 aliphatic carbocycles. The zero-order valence-corrected chi connectivity index (χ0v) is 15.3. The van der Waals surface area contributed by atoms with Gasteiger partial charge in [0.1, 0.15) is 0 Å². The number of hydrogen-bond donors (Lipinski definition) is 1. The van der Waals surface area contributed by atoms with Gasteiger partial charge in [0.05, 0.1) is 0 Å². The second-order valence-corrected chi connectivity index (χ2v) is 8.74. The third kappa shape index (κ3) is 3.35. The van der Waals surface area contributed by atoms with Crippen LogP contribution in [0, 0.1) is 11.3 Å². The molecule has 25 heavy (non-hydrogen) atoms. The fourth-order valence-electron chi connectivity index (χ4n) is 4.95. The van der Waals surface area contributed by atoms with Crippen molar-refractivity contribution in [3.05, 3.63) is 24.3 Å². The van der Waals surface area contributed by atoms with Gasteiger partial charge in [-0.1, -0.05) is 13.8 Å². The molecule has 0 amide bonds. The van der Waals surface area contributed by atoms with E-state index in [1.807, 2.05) is 0 Å². The lowest BCUT2D eigenvalue weighted by Gasteiger charge is -2.48. The molecule has 4 fully saturated rings. The summed E-state index contributed by atoms with van der Waals surface area (Å²) >= 11 is 0. The van der Waals surface area contributed by atoms with Crippen molar-refractivity contribution in [3.8, 4) is 0 Å². The van der Waals surface area contributed by atoms with Crippen molar-refractivity contribution in [2.75, 3.05) is 42.5 Å². The predicted molar refractivity (Wildman–Crippen MR) is 98.7 cm³/mol. The summed E-state index contributed by atoms with van der Waals surface area (Å²) < 4.78 is 26.7. The Labute approximate surface area is 149 Å². The second kappa shape index (κ2) is 6.11. The Morgan fingerprint density at radius 1 is 1.00 bits per heavy atom. The molecular formula is C20H29F2N3. The van der Waals surface area contributed by atoms with E-state index in [2.05, 4.69) is 53.2 Å². The smallest absolute Gasteiger partial charge is 0.251 e. The predicted octanol–water partition coefficient (Wildman–Crippen LogP) is 3.75. The number of anilines is 2. The Hall–Kier alpha value is -1.36. The average Bonchev–Trinajstić information content (AvgIpc) is 2.85. The highest BCUT2D eigenvalue weighted by Gasteiger charge is 2.43. The van der Waals surface area contributed by atoms with Gasteiger partial charge >= 0.3 is 0 Å². The van der Waals surface area contributed by atoms with Crippen LogP contribution in [0.5, 0.6) is 0 Å². The van der Waals surface area contributed by atoms with Crippen molar-refractivity contribution in [2.45, 2.75) is 45.1 Å². The number of nitrogens with one attached hydrogen (secondary N) is 1. The average molecular weight is 349 g/mol. The van der Waals surface area contributed by atoms with Gasteiger partial charge in [0.15, 0.2) is 0 Å². The van der Waals surface area contributed by atoms with Crippen LogP contribution < -0.4 is 15.1 Å². The summed E-state index contributed by atoms with van der Waals surface area (Å²) in [5.41, 5.74) is 2.64. The number of benzene rings is 1. The highest BCUT2D eigenvalue weighted by molar-refractivity contribution is 5.58. The zero-order valence-electron chi connectivity index (χ0n) is 15.3. The lowest BCUT2D eigenvalue weighted by atomic mass is 9.73. The maximum Gasteiger partial charge on any atom is 0.251 e. The van der Waals surface area contributed by atoms with Crippen LogP contribution in [-0.4, -0.2) is 44.7 Å². The first-order valence-electron chi connectivity index (χ1n) is 9.54. The largest absolute Gasteiger partial charge is 0.371 e. The highest BCUT2D eigenvalue weighted by Crippen LogP contribution is 2.41. The van der Waals surface area contributed by atoms with Gasteiger partial charge < -0.3 is 15.1 Å². The molecule has 0 saturated carbocycles. The quantitative estimate of drug-likeness (QED) is 0.877. The number of fused-ring (bicyclic) bond motifs is 4. The molecule has 4 aliphatic heterocycles. The highest BCUT2D eigenvalue weighted by atomic mass is 19.3. The lowest BCUT2D eigenvalue weighted by Crippen LogP contribution is -2.53. The standard InChI is InChI=1S/C20H29F2N3/c1-19(2)11-15-12-23-13-18(19)25(14-15)17-5-3-16(4-6-17)24-9-7-20(21,22)8-10-24/h3-6,15,18,23H,7-14H2,1-2H3/t15-,18?/m1/s1. The molecule has 0 radical (unpaired) electrons. The maximum absolute atomic E-state index is 13.4. The maximum atomic E-state index is 13.4. The summed E-state index contributed by atoms with van der Waals surface area (Å²) in [5, 5.41) is 3.61. The van der Waals surface area contributed by atoms with E-state index in [-0.39, 0.29) is 12.8 Å². The molecule has 138 valence electrons.